The molecule has 0 aliphatic rings. The first-order chi connectivity index (χ1) is 9.56. The topological polar surface area (TPSA) is 15.3 Å². The summed E-state index contributed by atoms with van der Waals surface area (Å²) in [6.07, 6.45) is 0. The molecule has 0 fully saturated rings. The summed E-state index contributed by atoms with van der Waals surface area (Å²) in [5, 5.41) is 3.50. The van der Waals surface area contributed by atoms with Gasteiger partial charge in [-0.15, -0.1) is 0 Å². The number of nitrogens with zero attached hydrogens (tertiary/aromatic N) is 1. The Morgan fingerprint density at radius 2 is 1.65 bits per heavy atom. The van der Waals surface area contributed by atoms with E-state index in [2.05, 4.69) is 80.6 Å². The summed E-state index contributed by atoms with van der Waals surface area (Å²) in [5.74, 6) is 0. The first-order valence-electron chi connectivity index (χ1n) is 7.09. The molecule has 106 valence electrons. The minimum absolute atomic E-state index is 0.876. The molecule has 0 atom stereocenters. The van der Waals surface area contributed by atoms with Crippen LogP contribution in [-0.2, 0) is 13.1 Å². The van der Waals surface area contributed by atoms with Crippen molar-refractivity contribution in [3.63, 3.8) is 0 Å². The summed E-state index contributed by atoms with van der Waals surface area (Å²) >= 11 is 0. The van der Waals surface area contributed by atoms with Gasteiger partial charge in [-0.2, -0.15) is 0 Å². The molecule has 0 bridgehead atoms. The van der Waals surface area contributed by atoms with Gasteiger partial charge in [0.05, 0.1) is 0 Å². The van der Waals surface area contributed by atoms with Crippen molar-refractivity contribution >= 4 is 5.69 Å². The zero-order chi connectivity index (χ0) is 14.5. The molecule has 20 heavy (non-hydrogen) atoms. The predicted molar refractivity (Wildman–Crippen MR) is 87.1 cm³/mol. The van der Waals surface area contributed by atoms with Crippen LogP contribution in [0.25, 0.3) is 0 Å². The average molecular weight is 268 g/mol. The lowest BCUT2D eigenvalue weighted by molar-refractivity contribution is 0.402. The Labute approximate surface area is 122 Å². The van der Waals surface area contributed by atoms with E-state index in [1.54, 1.807) is 0 Å². The van der Waals surface area contributed by atoms with Crippen LogP contribution in [0.1, 0.15) is 22.3 Å². The SMILES string of the molecule is Cc1cccc(CNc2ccc(CN(C)C)cc2)c1C. The summed E-state index contributed by atoms with van der Waals surface area (Å²) in [6.45, 7) is 6.21. The van der Waals surface area contributed by atoms with Crippen LogP contribution in [-0.4, -0.2) is 19.0 Å². The Balaban J connectivity index is 1.99. The van der Waals surface area contributed by atoms with Gasteiger partial charge in [-0.3, -0.25) is 0 Å². The van der Waals surface area contributed by atoms with Gasteiger partial charge in [-0.25, -0.2) is 0 Å². The van der Waals surface area contributed by atoms with Gasteiger partial charge in [0.2, 0.25) is 0 Å². The van der Waals surface area contributed by atoms with Crippen LogP contribution in [0.15, 0.2) is 42.5 Å². The van der Waals surface area contributed by atoms with E-state index in [9.17, 15) is 0 Å². The third kappa shape index (κ3) is 3.84. The Bertz CT molecular complexity index is 556. The summed E-state index contributed by atoms with van der Waals surface area (Å²) in [7, 11) is 4.18. The smallest absolute Gasteiger partial charge is 0.0403 e. The van der Waals surface area contributed by atoms with Crippen molar-refractivity contribution in [3.8, 4) is 0 Å². The molecule has 0 aliphatic carbocycles. The lowest BCUT2D eigenvalue weighted by atomic mass is 10.0. The molecule has 2 aromatic carbocycles. The molecule has 2 heteroatoms. The normalized spacial score (nSPS) is 10.8. The van der Waals surface area contributed by atoms with Crippen LogP contribution >= 0.6 is 0 Å². The van der Waals surface area contributed by atoms with Gasteiger partial charge in [0.1, 0.15) is 0 Å². The second kappa shape index (κ2) is 6.58. The van der Waals surface area contributed by atoms with E-state index in [1.165, 1.54) is 27.9 Å². The highest BCUT2D eigenvalue weighted by atomic mass is 15.0. The van der Waals surface area contributed by atoms with Gasteiger partial charge in [-0.1, -0.05) is 30.3 Å². The van der Waals surface area contributed by atoms with E-state index in [0.29, 0.717) is 0 Å². The van der Waals surface area contributed by atoms with Crippen LogP contribution in [0.5, 0.6) is 0 Å². The molecule has 0 amide bonds. The maximum absolute atomic E-state index is 3.50. The number of aryl methyl sites for hydroxylation is 1. The van der Waals surface area contributed by atoms with Gasteiger partial charge in [0.15, 0.2) is 0 Å². The van der Waals surface area contributed by atoms with Crippen molar-refractivity contribution in [2.45, 2.75) is 26.9 Å². The van der Waals surface area contributed by atoms with Crippen molar-refractivity contribution in [3.05, 3.63) is 64.7 Å². The fourth-order valence-electron chi connectivity index (χ4n) is 2.29. The van der Waals surface area contributed by atoms with Gasteiger partial charge in [0, 0.05) is 18.8 Å². The van der Waals surface area contributed by atoms with Crippen molar-refractivity contribution in [1.82, 2.24) is 4.90 Å². The molecule has 0 saturated heterocycles. The minimum Gasteiger partial charge on any atom is -0.381 e. The number of anilines is 1. The molecule has 2 rings (SSSR count). The summed E-state index contributed by atoms with van der Waals surface area (Å²) in [6, 6.07) is 15.2. The molecular formula is C18H24N2. The summed E-state index contributed by atoms with van der Waals surface area (Å²) in [5.41, 5.74) is 6.61. The monoisotopic (exact) mass is 268 g/mol. The third-order valence-corrected chi connectivity index (χ3v) is 3.65. The molecular weight excluding hydrogens is 244 g/mol. The third-order valence-electron chi connectivity index (χ3n) is 3.65. The van der Waals surface area contributed by atoms with Crippen LogP contribution in [0.2, 0.25) is 0 Å². The minimum atomic E-state index is 0.876. The van der Waals surface area contributed by atoms with E-state index in [4.69, 9.17) is 0 Å². The predicted octanol–water partition coefficient (Wildman–Crippen LogP) is 3.98. The van der Waals surface area contributed by atoms with E-state index in [0.717, 1.165) is 13.1 Å². The van der Waals surface area contributed by atoms with Gasteiger partial charge in [-0.05, 0) is 62.3 Å². The van der Waals surface area contributed by atoms with Crippen LogP contribution in [0.4, 0.5) is 5.69 Å². The van der Waals surface area contributed by atoms with Crippen molar-refractivity contribution < 1.29 is 0 Å². The molecule has 0 radical (unpaired) electrons. The van der Waals surface area contributed by atoms with Crippen LogP contribution in [0, 0.1) is 13.8 Å². The lowest BCUT2D eigenvalue weighted by Crippen LogP contribution is -2.10. The number of hydrogen-bond donors (Lipinski definition) is 1. The molecule has 1 N–H and O–H groups in total. The number of benzene rings is 2. The van der Waals surface area contributed by atoms with Crippen LogP contribution < -0.4 is 5.32 Å². The highest BCUT2D eigenvalue weighted by Crippen LogP contribution is 2.16. The molecule has 0 heterocycles. The summed E-state index contributed by atoms with van der Waals surface area (Å²) in [4.78, 5) is 2.18. The highest BCUT2D eigenvalue weighted by molar-refractivity contribution is 5.46. The number of rotatable bonds is 5. The number of nitrogens with one attached hydrogen (secondary N) is 1. The van der Waals surface area contributed by atoms with E-state index >= 15 is 0 Å². The van der Waals surface area contributed by atoms with Gasteiger partial charge < -0.3 is 10.2 Å². The fourth-order valence-corrected chi connectivity index (χ4v) is 2.29. The largest absolute Gasteiger partial charge is 0.381 e. The standard InChI is InChI=1S/C18H24N2/c1-14-6-5-7-17(15(14)2)12-19-18-10-8-16(9-11-18)13-20(3)4/h5-11,19H,12-13H2,1-4H3. The average Bonchev–Trinajstić information content (AvgIpc) is 2.41. The van der Waals surface area contributed by atoms with Crippen molar-refractivity contribution in [2.24, 2.45) is 0 Å². The zero-order valence-electron chi connectivity index (χ0n) is 12.9. The quantitative estimate of drug-likeness (QED) is 0.882. The zero-order valence-corrected chi connectivity index (χ0v) is 12.9. The van der Waals surface area contributed by atoms with Crippen molar-refractivity contribution in [2.75, 3.05) is 19.4 Å². The van der Waals surface area contributed by atoms with Gasteiger partial charge in [0.25, 0.3) is 0 Å². The first kappa shape index (κ1) is 14.6. The molecule has 2 aromatic rings. The summed E-state index contributed by atoms with van der Waals surface area (Å²) < 4.78 is 0. The van der Waals surface area contributed by atoms with E-state index in [-0.39, 0.29) is 0 Å². The second-order valence-electron chi connectivity index (χ2n) is 5.65. The Kier molecular flexibility index (Phi) is 4.80. The maximum Gasteiger partial charge on any atom is 0.0403 e. The van der Waals surface area contributed by atoms with Crippen LogP contribution in [0.3, 0.4) is 0 Å². The van der Waals surface area contributed by atoms with Gasteiger partial charge >= 0.3 is 0 Å². The number of hydrogen-bond acceptors (Lipinski definition) is 2. The highest BCUT2D eigenvalue weighted by Gasteiger charge is 2.01. The van der Waals surface area contributed by atoms with Crippen molar-refractivity contribution in [1.29, 1.82) is 0 Å². The second-order valence-corrected chi connectivity index (χ2v) is 5.65. The van der Waals surface area contributed by atoms with E-state index < -0.39 is 0 Å². The maximum atomic E-state index is 3.50. The molecule has 0 unspecified atom stereocenters. The van der Waals surface area contributed by atoms with E-state index in [1.807, 2.05) is 0 Å². The molecule has 2 nitrogen and oxygen atoms in total. The Morgan fingerprint density at radius 3 is 2.30 bits per heavy atom. The molecule has 0 aliphatic heterocycles. The lowest BCUT2D eigenvalue weighted by Gasteiger charge is -2.12. The Hall–Kier alpha value is -1.80. The Morgan fingerprint density at radius 1 is 0.950 bits per heavy atom. The first-order valence-corrected chi connectivity index (χ1v) is 7.09. The molecule has 0 aromatic heterocycles. The fraction of sp³-hybridized carbons (Fsp3) is 0.333. The molecule has 0 spiro atoms. The molecule has 0 saturated carbocycles.